The van der Waals surface area contributed by atoms with Gasteiger partial charge in [0.15, 0.2) is 18.7 Å². The fourth-order valence-corrected chi connectivity index (χ4v) is 4.92. The van der Waals surface area contributed by atoms with Crippen LogP contribution in [-0.4, -0.2) is 66.9 Å². The van der Waals surface area contributed by atoms with Crippen molar-refractivity contribution in [1.82, 2.24) is 5.32 Å². The summed E-state index contributed by atoms with van der Waals surface area (Å²) in [4.78, 5) is 25.0. The van der Waals surface area contributed by atoms with Crippen LogP contribution in [-0.2, 0) is 51.2 Å². The van der Waals surface area contributed by atoms with Gasteiger partial charge in [-0.2, -0.15) is 0 Å². The van der Waals surface area contributed by atoms with Crippen molar-refractivity contribution in [2.45, 2.75) is 63.2 Å². The van der Waals surface area contributed by atoms with E-state index in [0.717, 1.165) is 16.7 Å². The highest BCUT2D eigenvalue weighted by atomic mass is 16.8. The Kier molecular flexibility index (Phi) is 10.3. The van der Waals surface area contributed by atoms with Gasteiger partial charge >= 0.3 is 5.97 Å². The van der Waals surface area contributed by atoms with Crippen LogP contribution in [0.5, 0.6) is 0 Å². The third-order valence-corrected chi connectivity index (χ3v) is 7.05. The first kappa shape index (κ1) is 29.8. The van der Waals surface area contributed by atoms with Gasteiger partial charge in [0.1, 0.15) is 31.0 Å². The predicted octanol–water partition coefficient (Wildman–Crippen LogP) is 3.60. The Labute approximate surface area is 244 Å². The highest BCUT2D eigenvalue weighted by Gasteiger charge is 2.52. The Morgan fingerprint density at radius 3 is 2.17 bits per heavy atom. The van der Waals surface area contributed by atoms with Gasteiger partial charge in [-0.25, -0.2) is 4.79 Å². The minimum Gasteiger partial charge on any atom is -0.479 e. The summed E-state index contributed by atoms with van der Waals surface area (Å²) in [5.74, 6) is -1.59. The molecule has 0 saturated carbocycles. The Balaban J connectivity index is 1.36. The molecule has 2 heterocycles. The smallest absolute Gasteiger partial charge is 0.332 e. The van der Waals surface area contributed by atoms with Crippen LogP contribution in [0, 0.1) is 0 Å². The molecule has 2 aliphatic rings. The summed E-state index contributed by atoms with van der Waals surface area (Å²) in [6.07, 6.45) is -5.26. The van der Waals surface area contributed by atoms with E-state index in [1.54, 1.807) is 0 Å². The van der Waals surface area contributed by atoms with Crippen molar-refractivity contribution in [1.29, 1.82) is 0 Å². The number of benzene rings is 3. The van der Waals surface area contributed by atoms with Gasteiger partial charge < -0.3 is 38.8 Å². The van der Waals surface area contributed by atoms with Crippen molar-refractivity contribution < 1.29 is 43.1 Å². The van der Waals surface area contributed by atoms with Crippen molar-refractivity contribution in [2.75, 3.05) is 13.2 Å². The number of rotatable bonds is 12. The van der Waals surface area contributed by atoms with E-state index in [1.165, 1.54) is 6.92 Å². The van der Waals surface area contributed by atoms with E-state index >= 15 is 0 Å². The van der Waals surface area contributed by atoms with E-state index in [-0.39, 0.29) is 26.4 Å². The molecule has 10 nitrogen and oxygen atoms in total. The van der Waals surface area contributed by atoms with Crippen molar-refractivity contribution in [3.8, 4) is 0 Å². The van der Waals surface area contributed by atoms with Gasteiger partial charge in [0.2, 0.25) is 5.91 Å². The lowest BCUT2D eigenvalue weighted by atomic mass is 9.95. The number of amides is 1. The van der Waals surface area contributed by atoms with Gasteiger partial charge in [0.05, 0.1) is 19.8 Å². The second-order valence-corrected chi connectivity index (χ2v) is 10.2. The highest BCUT2D eigenvalue weighted by molar-refractivity contribution is 5.77. The van der Waals surface area contributed by atoms with Gasteiger partial charge in [-0.15, -0.1) is 0 Å². The summed E-state index contributed by atoms with van der Waals surface area (Å²) < 4.78 is 36.5. The number of carboxylic acid groups (broad SMARTS) is 1. The van der Waals surface area contributed by atoms with Crippen LogP contribution in [0.15, 0.2) is 91.0 Å². The van der Waals surface area contributed by atoms with Crippen LogP contribution < -0.4 is 5.32 Å². The first-order valence-electron chi connectivity index (χ1n) is 13.9. The molecule has 2 unspecified atom stereocenters. The molecule has 1 amide bonds. The molecule has 2 saturated heterocycles. The van der Waals surface area contributed by atoms with E-state index in [4.69, 9.17) is 28.4 Å². The molecule has 7 atom stereocenters. The fourth-order valence-electron chi connectivity index (χ4n) is 4.92. The summed E-state index contributed by atoms with van der Waals surface area (Å²) in [5, 5.41) is 12.6. The third-order valence-electron chi connectivity index (χ3n) is 7.05. The van der Waals surface area contributed by atoms with E-state index in [9.17, 15) is 14.7 Å². The number of carbonyl (C=O) groups excluding carboxylic acids is 1. The van der Waals surface area contributed by atoms with Crippen molar-refractivity contribution >= 4 is 11.9 Å². The molecular formula is C32H35NO9. The second kappa shape index (κ2) is 14.5. The molecule has 0 aliphatic carbocycles. The number of ether oxygens (including phenoxy) is 6. The first-order chi connectivity index (χ1) is 20.5. The highest BCUT2D eigenvalue weighted by Crippen LogP contribution is 2.36. The van der Waals surface area contributed by atoms with Crippen molar-refractivity contribution in [3.05, 3.63) is 108 Å². The number of hydrogen-bond acceptors (Lipinski definition) is 8. The van der Waals surface area contributed by atoms with Crippen LogP contribution >= 0.6 is 0 Å². The van der Waals surface area contributed by atoms with Crippen LogP contribution in [0.2, 0.25) is 0 Å². The molecule has 5 rings (SSSR count). The molecule has 0 aromatic heterocycles. The molecule has 0 spiro atoms. The predicted molar refractivity (Wildman–Crippen MR) is 150 cm³/mol. The lowest BCUT2D eigenvalue weighted by Crippen LogP contribution is -2.68. The van der Waals surface area contributed by atoms with Crippen LogP contribution in [0.25, 0.3) is 0 Å². The van der Waals surface area contributed by atoms with Crippen molar-refractivity contribution in [2.24, 2.45) is 0 Å². The average molecular weight is 578 g/mol. The monoisotopic (exact) mass is 577 g/mol. The van der Waals surface area contributed by atoms with Gasteiger partial charge in [0, 0.05) is 5.56 Å². The largest absolute Gasteiger partial charge is 0.479 e. The summed E-state index contributed by atoms with van der Waals surface area (Å²) in [6, 6.07) is 27.5. The van der Waals surface area contributed by atoms with Gasteiger partial charge in [0.25, 0.3) is 0 Å². The minimum atomic E-state index is -1.20. The Morgan fingerprint density at radius 1 is 0.905 bits per heavy atom. The zero-order valence-electron chi connectivity index (χ0n) is 23.2. The molecule has 222 valence electrons. The fraction of sp³-hybridized carbons (Fsp3) is 0.375. The molecular weight excluding hydrogens is 542 g/mol. The topological polar surface area (TPSA) is 122 Å². The normalized spacial score (nSPS) is 26.1. The average Bonchev–Trinajstić information content (AvgIpc) is 3.02. The lowest BCUT2D eigenvalue weighted by Gasteiger charge is -2.49. The molecule has 2 aliphatic heterocycles. The Morgan fingerprint density at radius 2 is 1.52 bits per heavy atom. The number of carboxylic acids is 1. The lowest BCUT2D eigenvalue weighted by molar-refractivity contribution is -0.352. The van der Waals surface area contributed by atoms with Crippen LogP contribution in [0.3, 0.4) is 0 Å². The summed E-state index contributed by atoms with van der Waals surface area (Å²) in [6.45, 7) is 1.79. The Bertz CT molecular complexity index is 1280. The zero-order valence-corrected chi connectivity index (χ0v) is 23.2. The minimum absolute atomic E-state index is 0.150. The Hall–Kier alpha value is -3.64. The third kappa shape index (κ3) is 7.80. The van der Waals surface area contributed by atoms with Crippen LogP contribution in [0.1, 0.15) is 29.9 Å². The number of aliphatic carboxylic acids is 1. The molecule has 0 bridgehead atoms. The number of fused-ring (bicyclic) bond motifs is 1. The number of carbonyl (C=O) groups is 2. The van der Waals surface area contributed by atoms with Crippen LogP contribution in [0.4, 0.5) is 0 Å². The molecule has 2 N–H and O–H groups in total. The quantitative estimate of drug-likeness (QED) is 0.333. The number of nitrogens with one attached hydrogen (secondary N) is 1. The number of hydrogen-bond donors (Lipinski definition) is 2. The van der Waals surface area contributed by atoms with Crippen molar-refractivity contribution in [3.63, 3.8) is 0 Å². The van der Waals surface area contributed by atoms with Gasteiger partial charge in [-0.05, 0) is 18.1 Å². The van der Waals surface area contributed by atoms with E-state index in [2.05, 4.69) is 5.32 Å². The van der Waals surface area contributed by atoms with E-state index in [0.29, 0.717) is 0 Å². The maximum Gasteiger partial charge on any atom is 0.332 e. The maximum atomic E-state index is 13.1. The molecule has 2 fully saturated rings. The molecule has 3 aromatic carbocycles. The second-order valence-electron chi connectivity index (χ2n) is 10.2. The summed E-state index contributed by atoms with van der Waals surface area (Å²) >= 11 is 0. The van der Waals surface area contributed by atoms with Gasteiger partial charge in [-0.1, -0.05) is 91.0 Å². The standard InChI is InChI=1S/C32H35NO9/c1-21(30(35)36)40-29-27(33-26(34)20-37-17-22-11-5-2-6-12-22)32(38-18-23-13-7-3-8-14-23)41-25-19-39-31(42-28(25)29)24-15-9-4-10-16-24/h2-16,21,25,27-29,31-32H,17-20H2,1H3,(H,33,34)(H,35,36)/t21?,25-,27-,28-,29-,31?,32-/m1/s1. The van der Waals surface area contributed by atoms with Gasteiger partial charge in [-0.3, -0.25) is 4.79 Å². The molecule has 0 radical (unpaired) electrons. The molecule has 3 aromatic rings. The summed E-state index contributed by atoms with van der Waals surface area (Å²) in [5.41, 5.74) is 2.62. The summed E-state index contributed by atoms with van der Waals surface area (Å²) in [7, 11) is 0. The van der Waals surface area contributed by atoms with E-state index in [1.807, 2.05) is 91.0 Å². The SMILES string of the molecule is CC(O[C@@H]1[C@@H](NC(=O)COCc2ccccc2)[C@H](OCc2ccccc2)O[C@@H]2COC(c3ccccc3)O[C@@H]12)C(=O)O. The first-order valence-corrected chi connectivity index (χ1v) is 13.9. The van der Waals surface area contributed by atoms with E-state index < -0.39 is 54.9 Å². The zero-order chi connectivity index (χ0) is 29.3. The molecule has 42 heavy (non-hydrogen) atoms. The molecule has 10 heteroatoms. The maximum absolute atomic E-state index is 13.1.